The van der Waals surface area contributed by atoms with Crippen molar-refractivity contribution in [3.05, 3.63) is 63.6 Å². The van der Waals surface area contributed by atoms with Crippen LogP contribution in [0.5, 0.6) is 11.5 Å². The standard InChI is InChI=1S/C20H20N2O3S/c1-13-10-17(14(2)22(13)12-16-4-3-9-26-16)20(23)21-15-5-6-18-19(11-15)25-8-7-24-18/h3-6,9-11H,7-8,12H2,1-2H3,(H,21,23). The first-order chi connectivity index (χ1) is 12.6. The van der Waals surface area contributed by atoms with Gasteiger partial charge in [-0.15, -0.1) is 11.3 Å². The molecule has 4 rings (SSSR count). The summed E-state index contributed by atoms with van der Waals surface area (Å²) in [5.74, 6) is 1.26. The van der Waals surface area contributed by atoms with Crippen LogP contribution in [0, 0.1) is 13.8 Å². The molecule has 1 aliphatic rings. The molecule has 0 fully saturated rings. The van der Waals surface area contributed by atoms with Crippen LogP contribution >= 0.6 is 11.3 Å². The maximum absolute atomic E-state index is 12.8. The predicted octanol–water partition coefficient (Wildman–Crippen LogP) is 4.24. The van der Waals surface area contributed by atoms with E-state index in [0.29, 0.717) is 36.0 Å². The largest absolute Gasteiger partial charge is 0.486 e. The zero-order chi connectivity index (χ0) is 18.1. The molecule has 6 heteroatoms. The lowest BCUT2D eigenvalue weighted by atomic mass is 10.2. The number of hydrogen-bond donors (Lipinski definition) is 1. The molecule has 3 aromatic rings. The van der Waals surface area contributed by atoms with Gasteiger partial charge in [0.15, 0.2) is 11.5 Å². The van der Waals surface area contributed by atoms with Crippen LogP contribution in [0.15, 0.2) is 41.8 Å². The third-order valence-corrected chi connectivity index (χ3v) is 5.37. The normalized spacial score (nSPS) is 12.8. The first-order valence-electron chi connectivity index (χ1n) is 8.52. The van der Waals surface area contributed by atoms with Crippen molar-refractivity contribution >= 4 is 22.9 Å². The van der Waals surface area contributed by atoms with Crippen molar-refractivity contribution in [1.29, 1.82) is 0 Å². The summed E-state index contributed by atoms with van der Waals surface area (Å²) in [6.45, 7) is 5.87. The molecule has 0 aliphatic carbocycles. The summed E-state index contributed by atoms with van der Waals surface area (Å²) < 4.78 is 13.3. The summed E-state index contributed by atoms with van der Waals surface area (Å²) in [5.41, 5.74) is 3.42. The summed E-state index contributed by atoms with van der Waals surface area (Å²) >= 11 is 1.72. The number of thiophene rings is 1. The van der Waals surface area contributed by atoms with Crippen LogP contribution in [0.2, 0.25) is 0 Å². The number of rotatable bonds is 4. The Balaban J connectivity index is 1.55. The third-order valence-electron chi connectivity index (χ3n) is 4.51. The Morgan fingerprint density at radius 1 is 1.15 bits per heavy atom. The first-order valence-corrected chi connectivity index (χ1v) is 9.40. The predicted molar refractivity (Wildman–Crippen MR) is 103 cm³/mol. The second-order valence-corrected chi connectivity index (χ2v) is 7.30. The summed E-state index contributed by atoms with van der Waals surface area (Å²) in [7, 11) is 0. The molecule has 2 aromatic heterocycles. The van der Waals surface area contributed by atoms with Gasteiger partial charge in [-0.2, -0.15) is 0 Å². The van der Waals surface area contributed by atoms with Gasteiger partial charge in [-0.05, 0) is 43.5 Å². The molecule has 1 N–H and O–H groups in total. The Morgan fingerprint density at radius 3 is 2.73 bits per heavy atom. The molecular weight excluding hydrogens is 348 g/mol. The SMILES string of the molecule is Cc1cc(C(=O)Nc2ccc3c(c2)OCCO3)c(C)n1Cc1cccs1. The molecule has 0 unspecified atom stereocenters. The van der Waals surface area contributed by atoms with E-state index in [9.17, 15) is 4.79 Å². The smallest absolute Gasteiger partial charge is 0.257 e. The van der Waals surface area contributed by atoms with E-state index < -0.39 is 0 Å². The molecule has 0 radical (unpaired) electrons. The number of aryl methyl sites for hydroxylation is 1. The van der Waals surface area contributed by atoms with E-state index in [1.807, 2.05) is 38.1 Å². The summed E-state index contributed by atoms with van der Waals surface area (Å²) in [6.07, 6.45) is 0. The molecule has 26 heavy (non-hydrogen) atoms. The molecule has 3 heterocycles. The topological polar surface area (TPSA) is 52.5 Å². The van der Waals surface area contributed by atoms with Crippen molar-refractivity contribution in [2.75, 3.05) is 18.5 Å². The number of anilines is 1. The van der Waals surface area contributed by atoms with Gasteiger partial charge in [-0.25, -0.2) is 0 Å². The Morgan fingerprint density at radius 2 is 1.96 bits per heavy atom. The van der Waals surface area contributed by atoms with Crippen LogP contribution in [-0.4, -0.2) is 23.7 Å². The Hall–Kier alpha value is -2.73. The molecule has 5 nitrogen and oxygen atoms in total. The van der Waals surface area contributed by atoms with Crippen LogP contribution in [-0.2, 0) is 6.54 Å². The van der Waals surface area contributed by atoms with Crippen LogP contribution < -0.4 is 14.8 Å². The van der Waals surface area contributed by atoms with Gasteiger partial charge in [-0.3, -0.25) is 4.79 Å². The molecule has 0 saturated carbocycles. The molecule has 1 amide bonds. The fourth-order valence-electron chi connectivity index (χ4n) is 3.15. The average molecular weight is 368 g/mol. The van der Waals surface area contributed by atoms with E-state index in [2.05, 4.69) is 21.3 Å². The lowest BCUT2D eigenvalue weighted by Gasteiger charge is -2.19. The van der Waals surface area contributed by atoms with Crippen LogP contribution in [0.1, 0.15) is 26.6 Å². The van der Waals surface area contributed by atoms with Gasteiger partial charge in [0.2, 0.25) is 0 Å². The van der Waals surface area contributed by atoms with E-state index >= 15 is 0 Å². The number of hydrogen-bond acceptors (Lipinski definition) is 4. The minimum Gasteiger partial charge on any atom is -0.486 e. The van der Waals surface area contributed by atoms with Gasteiger partial charge >= 0.3 is 0 Å². The fourth-order valence-corrected chi connectivity index (χ4v) is 3.84. The van der Waals surface area contributed by atoms with E-state index in [1.54, 1.807) is 17.4 Å². The van der Waals surface area contributed by atoms with Crippen LogP contribution in [0.25, 0.3) is 0 Å². The maximum Gasteiger partial charge on any atom is 0.257 e. The Kier molecular flexibility index (Phi) is 4.42. The second-order valence-electron chi connectivity index (χ2n) is 6.26. The van der Waals surface area contributed by atoms with Gasteiger partial charge in [0, 0.05) is 28.0 Å². The van der Waals surface area contributed by atoms with Crippen molar-refractivity contribution in [1.82, 2.24) is 4.57 Å². The number of ether oxygens (including phenoxy) is 2. The van der Waals surface area contributed by atoms with Gasteiger partial charge in [0.25, 0.3) is 5.91 Å². The Bertz CT molecular complexity index is 944. The highest BCUT2D eigenvalue weighted by atomic mass is 32.1. The highest BCUT2D eigenvalue weighted by Gasteiger charge is 2.18. The molecular formula is C20H20N2O3S. The molecule has 1 aliphatic heterocycles. The molecule has 1 aromatic carbocycles. The van der Waals surface area contributed by atoms with Crippen molar-refractivity contribution in [3.63, 3.8) is 0 Å². The van der Waals surface area contributed by atoms with E-state index in [4.69, 9.17) is 9.47 Å². The molecule has 0 atom stereocenters. The average Bonchev–Trinajstić information content (AvgIpc) is 3.25. The molecule has 0 spiro atoms. The third kappa shape index (κ3) is 3.20. The number of benzene rings is 1. The van der Waals surface area contributed by atoms with Crippen molar-refractivity contribution in [3.8, 4) is 11.5 Å². The fraction of sp³-hybridized carbons (Fsp3) is 0.250. The minimum atomic E-state index is -0.118. The quantitative estimate of drug-likeness (QED) is 0.749. The maximum atomic E-state index is 12.8. The molecule has 0 bridgehead atoms. The number of fused-ring (bicyclic) bond motifs is 1. The van der Waals surface area contributed by atoms with Crippen molar-refractivity contribution < 1.29 is 14.3 Å². The number of amides is 1. The van der Waals surface area contributed by atoms with Crippen molar-refractivity contribution in [2.24, 2.45) is 0 Å². The Labute approximate surface area is 156 Å². The highest BCUT2D eigenvalue weighted by molar-refractivity contribution is 7.09. The summed E-state index contributed by atoms with van der Waals surface area (Å²) in [5, 5.41) is 5.03. The van der Waals surface area contributed by atoms with E-state index in [-0.39, 0.29) is 5.91 Å². The first kappa shape index (κ1) is 16.7. The van der Waals surface area contributed by atoms with Gasteiger partial charge in [0.05, 0.1) is 12.1 Å². The van der Waals surface area contributed by atoms with Gasteiger partial charge in [-0.1, -0.05) is 6.07 Å². The highest BCUT2D eigenvalue weighted by Crippen LogP contribution is 2.33. The number of nitrogens with zero attached hydrogens (tertiary/aromatic N) is 1. The number of carbonyl (C=O) groups excluding carboxylic acids is 1. The zero-order valence-electron chi connectivity index (χ0n) is 14.7. The van der Waals surface area contributed by atoms with Crippen LogP contribution in [0.4, 0.5) is 5.69 Å². The van der Waals surface area contributed by atoms with Crippen LogP contribution in [0.3, 0.4) is 0 Å². The lowest BCUT2D eigenvalue weighted by molar-refractivity contribution is 0.102. The number of nitrogens with one attached hydrogen (secondary N) is 1. The van der Waals surface area contributed by atoms with Gasteiger partial charge < -0.3 is 19.4 Å². The summed E-state index contributed by atoms with van der Waals surface area (Å²) in [4.78, 5) is 14.0. The lowest BCUT2D eigenvalue weighted by Crippen LogP contribution is -2.16. The van der Waals surface area contributed by atoms with E-state index in [0.717, 1.165) is 17.9 Å². The number of carbonyl (C=O) groups is 1. The monoisotopic (exact) mass is 368 g/mol. The summed E-state index contributed by atoms with van der Waals surface area (Å²) in [6, 6.07) is 11.6. The molecule has 134 valence electrons. The van der Waals surface area contributed by atoms with Gasteiger partial charge in [0.1, 0.15) is 13.2 Å². The molecule has 0 saturated heterocycles. The zero-order valence-corrected chi connectivity index (χ0v) is 15.6. The second kappa shape index (κ2) is 6.88. The van der Waals surface area contributed by atoms with Crippen molar-refractivity contribution in [2.45, 2.75) is 20.4 Å². The minimum absolute atomic E-state index is 0.118. The van der Waals surface area contributed by atoms with E-state index in [1.165, 1.54) is 4.88 Å². The number of aromatic nitrogens is 1.